The van der Waals surface area contributed by atoms with Crippen LogP contribution in [0.15, 0.2) is 18.7 Å². The van der Waals surface area contributed by atoms with Gasteiger partial charge in [-0.05, 0) is 56.7 Å². The summed E-state index contributed by atoms with van der Waals surface area (Å²) in [4.78, 5) is 29.7. The Bertz CT molecular complexity index is 921. The second-order valence-corrected chi connectivity index (χ2v) is 10.4. The third-order valence-electron chi connectivity index (χ3n) is 7.66. The molecule has 3 aliphatic heterocycles. The average Bonchev–Trinajstić information content (AvgIpc) is 3.35. The standard InChI is InChI=1S/C26H37ClN4O3/c1-3-17(2)26(33)31-11-6-19(7-12-31)16-30-9-4-18(5-10-30)15-29-25(32)21-14-22(27)23(28)20-8-13-34-24(20)21/h3,14,17-19H,1,4-13,15-16,28H2,2H3,(H,29,32). The van der Waals surface area contributed by atoms with Crippen LogP contribution in [0.1, 0.15) is 48.5 Å². The number of carbonyl (C=O) groups excluding carboxylic acids is 2. The molecule has 2 fully saturated rings. The summed E-state index contributed by atoms with van der Waals surface area (Å²) >= 11 is 6.24. The SMILES string of the molecule is C=CC(C)C(=O)N1CCC(CN2CCC(CNC(=O)c3cc(Cl)c(N)c4c3OCC4)CC2)CC1. The fourth-order valence-electron chi connectivity index (χ4n) is 5.33. The molecular formula is C26H37ClN4O3. The number of anilines is 1. The van der Waals surface area contributed by atoms with E-state index in [1.165, 1.54) is 0 Å². The van der Waals surface area contributed by atoms with E-state index in [0.717, 1.165) is 64.0 Å². The highest BCUT2D eigenvalue weighted by molar-refractivity contribution is 6.33. The predicted molar refractivity (Wildman–Crippen MR) is 135 cm³/mol. The maximum absolute atomic E-state index is 12.8. The molecule has 4 rings (SSSR count). The molecule has 0 bridgehead atoms. The van der Waals surface area contributed by atoms with Crippen molar-refractivity contribution in [3.05, 3.63) is 34.9 Å². The van der Waals surface area contributed by atoms with Crippen LogP contribution in [-0.4, -0.2) is 67.5 Å². The molecule has 8 heteroatoms. The molecule has 34 heavy (non-hydrogen) atoms. The van der Waals surface area contributed by atoms with Crippen molar-refractivity contribution in [2.45, 2.75) is 39.0 Å². The third kappa shape index (κ3) is 5.52. The second-order valence-electron chi connectivity index (χ2n) is 9.97. The molecule has 3 N–H and O–H groups in total. The smallest absolute Gasteiger partial charge is 0.255 e. The first-order chi connectivity index (χ1) is 16.4. The van der Waals surface area contributed by atoms with E-state index in [0.29, 0.717) is 53.4 Å². The number of piperidine rings is 2. The number of nitrogens with one attached hydrogen (secondary N) is 1. The number of nitrogen functional groups attached to an aromatic ring is 1. The maximum atomic E-state index is 12.8. The number of hydrogen-bond acceptors (Lipinski definition) is 5. The number of hydrogen-bond donors (Lipinski definition) is 2. The number of rotatable bonds is 7. The Hall–Kier alpha value is -2.25. The summed E-state index contributed by atoms with van der Waals surface area (Å²) in [5.74, 6) is 1.67. The summed E-state index contributed by atoms with van der Waals surface area (Å²) < 4.78 is 5.67. The van der Waals surface area contributed by atoms with Crippen molar-refractivity contribution in [2.75, 3.05) is 51.6 Å². The van der Waals surface area contributed by atoms with Crippen LogP contribution in [0.4, 0.5) is 5.69 Å². The van der Waals surface area contributed by atoms with Crippen LogP contribution < -0.4 is 15.8 Å². The van der Waals surface area contributed by atoms with Gasteiger partial charge in [-0.2, -0.15) is 0 Å². The molecule has 0 radical (unpaired) electrons. The van der Waals surface area contributed by atoms with Gasteiger partial charge in [-0.1, -0.05) is 24.6 Å². The number of halogens is 1. The van der Waals surface area contributed by atoms with Gasteiger partial charge < -0.3 is 25.6 Å². The molecule has 3 heterocycles. The number of benzene rings is 1. The van der Waals surface area contributed by atoms with Gasteiger partial charge in [-0.25, -0.2) is 0 Å². The highest BCUT2D eigenvalue weighted by atomic mass is 35.5. The minimum atomic E-state index is -0.144. The van der Waals surface area contributed by atoms with Crippen LogP contribution in [0.2, 0.25) is 5.02 Å². The van der Waals surface area contributed by atoms with Gasteiger partial charge in [0.15, 0.2) is 0 Å². The molecule has 7 nitrogen and oxygen atoms in total. The summed E-state index contributed by atoms with van der Waals surface area (Å²) in [7, 11) is 0. The number of nitrogens with zero attached hydrogens (tertiary/aromatic N) is 2. The fourth-order valence-corrected chi connectivity index (χ4v) is 5.55. The zero-order valence-corrected chi connectivity index (χ0v) is 20.9. The Balaban J connectivity index is 1.19. The Morgan fingerprint density at radius 1 is 1.24 bits per heavy atom. The van der Waals surface area contributed by atoms with Gasteiger partial charge in [-0.3, -0.25) is 9.59 Å². The molecule has 1 unspecified atom stereocenters. The summed E-state index contributed by atoms with van der Waals surface area (Å²) in [5, 5.41) is 3.50. The van der Waals surface area contributed by atoms with E-state index < -0.39 is 0 Å². The highest BCUT2D eigenvalue weighted by Crippen LogP contribution is 2.38. The van der Waals surface area contributed by atoms with Gasteiger partial charge >= 0.3 is 0 Å². The number of ether oxygens (including phenoxy) is 1. The van der Waals surface area contributed by atoms with Crippen molar-refractivity contribution in [3.8, 4) is 5.75 Å². The largest absolute Gasteiger partial charge is 0.492 e. The summed E-state index contributed by atoms with van der Waals surface area (Å²) in [6, 6.07) is 1.62. The first-order valence-electron chi connectivity index (χ1n) is 12.5. The lowest BCUT2D eigenvalue weighted by molar-refractivity contribution is -0.135. The second kappa shape index (κ2) is 11.0. The van der Waals surface area contributed by atoms with Crippen LogP contribution >= 0.6 is 11.6 Å². The Kier molecular flexibility index (Phi) is 8.04. The topological polar surface area (TPSA) is 87.9 Å². The molecule has 2 amide bonds. The minimum Gasteiger partial charge on any atom is -0.492 e. The van der Waals surface area contributed by atoms with Gasteiger partial charge in [0.2, 0.25) is 5.91 Å². The molecule has 0 saturated carbocycles. The number of nitrogens with two attached hydrogens (primary N) is 1. The lowest BCUT2D eigenvalue weighted by Crippen LogP contribution is -2.45. The van der Waals surface area contributed by atoms with Crippen molar-refractivity contribution < 1.29 is 14.3 Å². The van der Waals surface area contributed by atoms with Crippen LogP contribution in [0.25, 0.3) is 0 Å². The van der Waals surface area contributed by atoms with E-state index in [-0.39, 0.29) is 17.7 Å². The van der Waals surface area contributed by atoms with E-state index in [1.807, 2.05) is 11.8 Å². The van der Waals surface area contributed by atoms with Gasteiger partial charge in [0, 0.05) is 38.2 Å². The Labute approximate surface area is 207 Å². The van der Waals surface area contributed by atoms with E-state index in [9.17, 15) is 9.59 Å². The van der Waals surface area contributed by atoms with Crippen molar-refractivity contribution in [3.63, 3.8) is 0 Å². The lowest BCUT2D eigenvalue weighted by Gasteiger charge is -2.38. The normalized spacial score (nSPS) is 20.5. The van der Waals surface area contributed by atoms with Crippen molar-refractivity contribution >= 4 is 29.1 Å². The maximum Gasteiger partial charge on any atom is 0.255 e. The molecule has 1 aromatic carbocycles. The third-order valence-corrected chi connectivity index (χ3v) is 7.97. The summed E-state index contributed by atoms with van der Waals surface area (Å²) in [6.07, 6.45) is 6.71. The highest BCUT2D eigenvalue weighted by Gasteiger charge is 2.29. The van der Waals surface area contributed by atoms with Crippen LogP contribution in [0.3, 0.4) is 0 Å². The number of fused-ring (bicyclic) bond motifs is 1. The van der Waals surface area contributed by atoms with Gasteiger partial charge in [0.25, 0.3) is 5.91 Å². The van der Waals surface area contributed by atoms with Gasteiger partial charge in [0.05, 0.1) is 28.8 Å². The molecule has 2 saturated heterocycles. The zero-order chi connectivity index (χ0) is 24.2. The van der Waals surface area contributed by atoms with Crippen LogP contribution in [0.5, 0.6) is 5.75 Å². The van der Waals surface area contributed by atoms with Crippen LogP contribution in [-0.2, 0) is 11.2 Å². The zero-order valence-electron chi connectivity index (χ0n) is 20.2. The average molecular weight is 489 g/mol. The molecule has 3 aliphatic rings. The Morgan fingerprint density at radius 2 is 1.91 bits per heavy atom. The first-order valence-corrected chi connectivity index (χ1v) is 12.9. The fraction of sp³-hybridized carbons (Fsp3) is 0.615. The van der Waals surface area contributed by atoms with E-state index in [1.54, 1.807) is 12.1 Å². The van der Waals surface area contributed by atoms with Crippen molar-refractivity contribution in [2.24, 2.45) is 17.8 Å². The first kappa shape index (κ1) is 24.9. The number of likely N-dealkylation sites (tertiary alicyclic amines) is 2. The summed E-state index contributed by atoms with van der Waals surface area (Å²) in [5.41, 5.74) is 7.88. The van der Waals surface area contributed by atoms with Gasteiger partial charge in [-0.15, -0.1) is 6.58 Å². The molecule has 0 aliphatic carbocycles. The predicted octanol–water partition coefficient (Wildman–Crippen LogP) is 3.36. The lowest BCUT2D eigenvalue weighted by atomic mass is 9.92. The van der Waals surface area contributed by atoms with E-state index >= 15 is 0 Å². The molecule has 1 aromatic rings. The Morgan fingerprint density at radius 3 is 2.59 bits per heavy atom. The number of amides is 2. The van der Waals surface area contributed by atoms with Crippen molar-refractivity contribution in [1.82, 2.24) is 15.1 Å². The molecule has 1 atom stereocenters. The monoisotopic (exact) mass is 488 g/mol. The van der Waals surface area contributed by atoms with E-state index in [4.69, 9.17) is 22.1 Å². The van der Waals surface area contributed by atoms with E-state index in [2.05, 4.69) is 16.8 Å². The molecule has 186 valence electrons. The van der Waals surface area contributed by atoms with Crippen LogP contribution in [0, 0.1) is 17.8 Å². The summed E-state index contributed by atoms with van der Waals surface area (Å²) in [6.45, 7) is 11.8. The van der Waals surface area contributed by atoms with Gasteiger partial charge in [0.1, 0.15) is 5.75 Å². The van der Waals surface area contributed by atoms with Crippen molar-refractivity contribution in [1.29, 1.82) is 0 Å². The number of carbonyl (C=O) groups is 2. The quantitative estimate of drug-likeness (QED) is 0.454. The molecule has 0 spiro atoms. The molecule has 0 aromatic heterocycles. The molecular weight excluding hydrogens is 452 g/mol. The minimum absolute atomic E-state index is 0.0958.